The van der Waals surface area contributed by atoms with E-state index in [1.807, 2.05) is 24.3 Å². The average molecular weight is 309 g/mol. The van der Waals surface area contributed by atoms with E-state index in [0.29, 0.717) is 11.3 Å². The topological polar surface area (TPSA) is 90.9 Å². The van der Waals surface area contributed by atoms with E-state index in [1.54, 1.807) is 24.5 Å². The molecule has 0 saturated carbocycles. The SMILES string of the molecule is OCc1cc(C=NNc2ccc(-c3cnco3)cc2)ccc1O. The van der Waals surface area contributed by atoms with Crippen molar-refractivity contribution in [2.24, 2.45) is 5.10 Å². The van der Waals surface area contributed by atoms with Crippen molar-refractivity contribution in [3.05, 3.63) is 66.2 Å². The van der Waals surface area contributed by atoms with Crippen LogP contribution in [0.25, 0.3) is 11.3 Å². The van der Waals surface area contributed by atoms with Gasteiger partial charge in [0.25, 0.3) is 0 Å². The molecule has 1 aromatic heterocycles. The highest BCUT2D eigenvalue weighted by Crippen LogP contribution is 2.21. The maximum Gasteiger partial charge on any atom is 0.181 e. The number of hydrogen-bond acceptors (Lipinski definition) is 6. The Morgan fingerprint density at radius 1 is 1.17 bits per heavy atom. The van der Waals surface area contributed by atoms with E-state index in [2.05, 4.69) is 15.5 Å². The van der Waals surface area contributed by atoms with Gasteiger partial charge in [0, 0.05) is 11.1 Å². The molecule has 0 fully saturated rings. The zero-order chi connectivity index (χ0) is 16.1. The number of aromatic hydroxyl groups is 1. The van der Waals surface area contributed by atoms with Gasteiger partial charge in [0.2, 0.25) is 0 Å². The highest BCUT2D eigenvalue weighted by molar-refractivity contribution is 5.81. The first-order valence-corrected chi connectivity index (χ1v) is 6.97. The number of hydrazone groups is 1. The molecule has 0 aliphatic rings. The Kier molecular flexibility index (Phi) is 4.35. The van der Waals surface area contributed by atoms with E-state index < -0.39 is 0 Å². The fourth-order valence-electron chi connectivity index (χ4n) is 2.06. The summed E-state index contributed by atoms with van der Waals surface area (Å²) in [7, 11) is 0. The Hall–Kier alpha value is -3.12. The van der Waals surface area contributed by atoms with Crippen molar-refractivity contribution in [3.63, 3.8) is 0 Å². The lowest BCUT2D eigenvalue weighted by Crippen LogP contribution is -1.92. The number of oxazole rings is 1. The van der Waals surface area contributed by atoms with Crippen LogP contribution in [0, 0.1) is 0 Å². The molecule has 23 heavy (non-hydrogen) atoms. The highest BCUT2D eigenvalue weighted by Gasteiger charge is 2.01. The smallest absolute Gasteiger partial charge is 0.181 e. The van der Waals surface area contributed by atoms with Crippen molar-refractivity contribution in [1.29, 1.82) is 0 Å². The lowest BCUT2D eigenvalue weighted by Gasteiger charge is -2.03. The molecule has 1 heterocycles. The fourth-order valence-corrected chi connectivity index (χ4v) is 2.06. The molecule has 116 valence electrons. The van der Waals surface area contributed by atoms with Gasteiger partial charge in [-0.25, -0.2) is 4.98 Å². The monoisotopic (exact) mass is 309 g/mol. The summed E-state index contributed by atoms with van der Waals surface area (Å²) in [6, 6.07) is 12.5. The first kappa shape index (κ1) is 14.8. The standard InChI is InChI=1S/C17H15N3O3/c21-10-14-7-12(1-6-16(14)22)8-19-20-15-4-2-13(3-5-15)17-9-18-11-23-17/h1-9,11,20-22H,10H2. The molecule has 0 bridgehead atoms. The summed E-state index contributed by atoms with van der Waals surface area (Å²) in [5.74, 6) is 0.779. The van der Waals surface area contributed by atoms with Gasteiger partial charge in [0.1, 0.15) is 5.75 Å². The van der Waals surface area contributed by atoms with Crippen LogP contribution in [0.2, 0.25) is 0 Å². The number of nitrogens with zero attached hydrogens (tertiary/aromatic N) is 2. The minimum atomic E-state index is -0.218. The maximum atomic E-state index is 9.51. The third-order valence-electron chi connectivity index (χ3n) is 3.28. The third kappa shape index (κ3) is 3.56. The zero-order valence-electron chi connectivity index (χ0n) is 12.2. The molecule has 0 atom stereocenters. The van der Waals surface area contributed by atoms with Crippen LogP contribution < -0.4 is 5.43 Å². The minimum absolute atomic E-state index is 0.0700. The maximum absolute atomic E-state index is 9.51. The molecule has 6 heteroatoms. The van der Waals surface area contributed by atoms with Crippen molar-refractivity contribution in [2.45, 2.75) is 6.61 Å². The third-order valence-corrected chi connectivity index (χ3v) is 3.28. The molecule has 2 aromatic carbocycles. The molecule has 3 aromatic rings. The van der Waals surface area contributed by atoms with Crippen LogP contribution in [0.3, 0.4) is 0 Å². The van der Waals surface area contributed by atoms with Crippen molar-refractivity contribution in [3.8, 4) is 17.1 Å². The van der Waals surface area contributed by atoms with Crippen molar-refractivity contribution >= 4 is 11.9 Å². The van der Waals surface area contributed by atoms with Crippen molar-refractivity contribution in [1.82, 2.24) is 4.98 Å². The second-order valence-corrected chi connectivity index (χ2v) is 4.86. The van der Waals surface area contributed by atoms with Gasteiger partial charge in [-0.1, -0.05) is 0 Å². The Morgan fingerprint density at radius 3 is 2.70 bits per heavy atom. The Balaban J connectivity index is 1.66. The van der Waals surface area contributed by atoms with E-state index >= 15 is 0 Å². The number of hydrogen-bond donors (Lipinski definition) is 3. The second kappa shape index (κ2) is 6.76. The zero-order valence-corrected chi connectivity index (χ0v) is 12.2. The summed E-state index contributed by atoms with van der Waals surface area (Å²) < 4.78 is 5.23. The first-order valence-electron chi connectivity index (χ1n) is 6.97. The van der Waals surface area contributed by atoms with E-state index in [-0.39, 0.29) is 12.4 Å². The van der Waals surface area contributed by atoms with Gasteiger partial charge in [-0.2, -0.15) is 5.10 Å². The van der Waals surface area contributed by atoms with Crippen molar-refractivity contribution < 1.29 is 14.6 Å². The Bertz CT molecular complexity index is 796. The number of anilines is 1. The highest BCUT2D eigenvalue weighted by atomic mass is 16.3. The predicted octanol–water partition coefficient (Wildman–Crippen LogP) is 2.99. The van der Waals surface area contributed by atoms with Crippen LogP contribution in [0.1, 0.15) is 11.1 Å². The minimum Gasteiger partial charge on any atom is -0.508 e. The summed E-state index contributed by atoms with van der Waals surface area (Å²) >= 11 is 0. The van der Waals surface area contributed by atoms with E-state index in [4.69, 9.17) is 9.52 Å². The number of nitrogens with one attached hydrogen (secondary N) is 1. The van der Waals surface area contributed by atoms with Gasteiger partial charge >= 0.3 is 0 Å². The van der Waals surface area contributed by atoms with E-state index in [9.17, 15) is 5.11 Å². The van der Waals surface area contributed by atoms with Gasteiger partial charge in [-0.05, 0) is 48.0 Å². The molecule has 0 radical (unpaired) electrons. The van der Waals surface area contributed by atoms with Gasteiger partial charge in [0.15, 0.2) is 12.2 Å². The number of benzene rings is 2. The van der Waals surface area contributed by atoms with Crippen molar-refractivity contribution in [2.75, 3.05) is 5.43 Å². The summed E-state index contributed by atoms with van der Waals surface area (Å²) in [6.07, 6.45) is 4.66. The number of aliphatic hydroxyl groups excluding tert-OH is 1. The predicted molar refractivity (Wildman–Crippen MR) is 87.2 cm³/mol. The molecule has 0 amide bonds. The van der Waals surface area contributed by atoms with Crippen LogP contribution in [0.4, 0.5) is 5.69 Å². The molecule has 0 saturated heterocycles. The van der Waals surface area contributed by atoms with Gasteiger partial charge in [-0.3, -0.25) is 5.43 Å². The summed E-state index contributed by atoms with van der Waals surface area (Å²) in [5, 5.41) is 22.8. The number of aromatic nitrogens is 1. The van der Waals surface area contributed by atoms with E-state index in [0.717, 1.165) is 16.8 Å². The molecule has 0 aliphatic carbocycles. The van der Waals surface area contributed by atoms with Gasteiger partial charge in [-0.15, -0.1) is 0 Å². The van der Waals surface area contributed by atoms with Crippen LogP contribution in [-0.2, 0) is 6.61 Å². The van der Waals surface area contributed by atoms with Gasteiger partial charge in [0.05, 0.1) is 24.7 Å². The molecular weight excluding hydrogens is 294 g/mol. The van der Waals surface area contributed by atoms with Crippen LogP contribution in [0.15, 0.2) is 64.6 Å². The molecule has 0 unspecified atom stereocenters. The lowest BCUT2D eigenvalue weighted by atomic mass is 10.1. The second-order valence-electron chi connectivity index (χ2n) is 4.86. The van der Waals surface area contributed by atoms with Crippen LogP contribution in [-0.4, -0.2) is 21.4 Å². The summed E-state index contributed by atoms with van der Waals surface area (Å²) in [4.78, 5) is 3.88. The van der Waals surface area contributed by atoms with Gasteiger partial charge < -0.3 is 14.6 Å². The average Bonchev–Trinajstić information content (AvgIpc) is 3.11. The largest absolute Gasteiger partial charge is 0.508 e. The quantitative estimate of drug-likeness (QED) is 0.498. The normalized spacial score (nSPS) is 11.0. The Labute approximate surface area is 132 Å². The molecule has 6 nitrogen and oxygen atoms in total. The Morgan fingerprint density at radius 2 is 2.00 bits per heavy atom. The summed E-state index contributed by atoms with van der Waals surface area (Å²) in [6.45, 7) is -0.218. The summed E-state index contributed by atoms with van der Waals surface area (Å²) in [5.41, 5.74) is 5.91. The molecule has 3 N–H and O–H groups in total. The van der Waals surface area contributed by atoms with Crippen LogP contribution >= 0.6 is 0 Å². The van der Waals surface area contributed by atoms with Crippen LogP contribution in [0.5, 0.6) is 5.75 Å². The fraction of sp³-hybridized carbons (Fsp3) is 0.0588. The molecule has 0 spiro atoms. The molecule has 0 aliphatic heterocycles. The first-order chi connectivity index (χ1) is 11.3. The number of phenols is 1. The molecular formula is C17H15N3O3. The van der Waals surface area contributed by atoms with E-state index in [1.165, 1.54) is 12.5 Å². The number of aliphatic hydroxyl groups is 1. The molecule has 3 rings (SSSR count). The number of rotatable bonds is 5. The lowest BCUT2D eigenvalue weighted by molar-refractivity contribution is 0.275.